The van der Waals surface area contributed by atoms with Crippen LogP contribution in [-0.2, 0) is 11.3 Å². The Balaban J connectivity index is 2.78. The van der Waals surface area contributed by atoms with E-state index in [1.165, 1.54) is 23.8 Å². The Morgan fingerprint density at radius 2 is 1.90 bits per heavy atom. The third kappa shape index (κ3) is 3.63. The number of hydrogen-bond donors (Lipinski definition) is 1. The van der Waals surface area contributed by atoms with Crippen LogP contribution >= 0.6 is 0 Å². The second-order valence-electron chi connectivity index (χ2n) is 4.58. The zero-order valence-corrected chi connectivity index (χ0v) is 12.2. The molecule has 0 saturated heterocycles. The molecular formula is C14H20N2O4. The first-order valence-corrected chi connectivity index (χ1v) is 6.21. The minimum atomic E-state index is -1.04. The first-order valence-electron chi connectivity index (χ1n) is 6.21. The van der Waals surface area contributed by atoms with Gasteiger partial charge in [-0.05, 0) is 13.0 Å². The van der Waals surface area contributed by atoms with Crippen molar-refractivity contribution in [3.63, 3.8) is 0 Å². The van der Waals surface area contributed by atoms with Crippen molar-refractivity contribution in [3.8, 4) is 5.75 Å². The lowest BCUT2D eigenvalue weighted by molar-refractivity contribution is -0.141. The molecule has 1 aromatic rings. The Labute approximate surface area is 118 Å². The lowest BCUT2D eigenvalue weighted by atomic mass is 10.2. The highest BCUT2D eigenvalue weighted by Gasteiger charge is 2.24. The number of carbonyl (C=O) groups excluding carboxylic acids is 1. The summed E-state index contributed by atoms with van der Waals surface area (Å²) in [5, 5.41) is 8.92. The van der Waals surface area contributed by atoms with Crippen LogP contribution in [0.25, 0.3) is 0 Å². The van der Waals surface area contributed by atoms with Gasteiger partial charge < -0.3 is 19.6 Å². The Hall–Kier alpha value is -2.24. The molecule has 0 bridgehead atoms. The molecule has 0 aromatic heterocycles. The van der Waals surface area contributed by atoms with Crippen molar-refractivity contribution in [2.24, 2.45) is 0 Å². The van der Waals surface area contributed by atoms with Crippen LogP contribution in [0.2, 0.25) is 0 Å². The summed E-state index contributed by atoms with van der Waals surface area (Å²) in [6.07, 6.45) is 0. The highest BCUT2D eigenvalue weighted by molar-refractivity contribution is 5.82. The summed E-state index contributed by atoms with van der Waals surface area (Å²) in [4.78, 5) is 25.7. The number of para-hydroxylation sites is 1. The van der Waals surface area contributed by atoms with Crippen molar-refractivity contribution in [2.75, 3.05) is 21.2 Å². The molecule has 1 rings (SSSR count). The molecule has 1 unspecified atom stereocenters. The number of likely N-dealkylation sites (N-methyl/N-ethyl adjacent to an activating group) is 1. The van der Waals surface area contributed by atoms with E-state index in [2.05, 4.69) is 0 Å². The Kier molecular flexibility index (Phi) is 5.37. The van der Waals surface area contributed by atoms with E-state index in [1.54, 1.807) is 14.2 Å². The maximum absolute atomic E-state index is 12.1. The van der Waals surface area contributed by atoms with E-state index in [0.717, 1.165) is 5.56 Å². The van der Waals surface area contributed by atoms with Crippen molar-refractivity contribution >= 4 is 12.0 Å². The summed E-state index contributed by atoms with van der Waals surface area (Å²) in [7, 11) is 4.67. The molecule has 1 atom stereocenters. The van der Waals surface area contributed by atoms with Gasteiger partial charge in [0.25, 0.3) is 0 Å². The predicted octanol–water partition coefficient (Wildman–Crippen LogP) is 1.65. The number of methoxy groups -OCH3 is 1. The van der Waals surface area contributed by atoms with Gasteiger partial charge in [-0.3, -0.25) is 0 Å². The molecule has 0 fully saturated rings. The smallest absolute Gasteiger partial charge is 0.326 e. The molecule has 110 valence electrons. The van der Waals surface area contributed by atoms with Crippen LogP contribution < -0.4 is 4.74 Å². The fraction of sp³-hybridized carbons (Fsp3) is 0.429. The van der Waals surface area contributed by atoms with Crippen LogP contribution in [-0.4, -0.2) is 54.2 Å². The quantitative estimate of drug-likeness (QED) is 0.890. The second-order valence-corrected chi connectivity index (χ2v) is 4.58. The number of hydrogen-bond acceptors (Lipinski definition) is 3. The maximum Gasteiger partial charge on any atom is 0.326 e. The third-order valence-corrected chi connectivity index (χ3v) is 3.17. The van der Waals surface area contributed by atoms with Crippen LogP contribution in [0.3, 0.4) is 0 Å². The summed E-state index contributed by atoms with van der Waals surface area (Å²) < 4.78 is 5.23. The number of benzene rings is 1. The van der Waals surface area contributed by atoms with Gasteiger partial charge in [-0.1, -0.05) is 18.2 Å². The highest BCUT2D eigenvalue weighted by atomic mass is 16.5. The van der Waals surface area contributed by atoms with Crippen molar-refractivity contribution in [2.45, 2.75) is 19.5 Å². The third-order valence-electron chi connectivity index (χ3n) is 3.17. The molecule has 6 heteroatoms. The minimum Gasteiger partial charge on any atom is -0.496 e. The molecule has 0 saturated carbocycles. The molecule has 2 amide bonds. The molecular weight excluding hydrogens is 260 g/mol. The van der Waals surface area contributed by atoms with E-state index in [-0.39, 0.29) is 6.03 Å². The number of carboxylic acids is 1. The molecule has 0 aliphatic rings. The van der Waals surface area contributed by atoms with E-state index < -0.39 is 12.0 Å². The molecule has 20 heavy (non-hydrogen) atoms. The van der Waals surface area contributed by atoms with Gasteiger partial charge in [0.05, 0.1) is 13.7 Å². The van der Waals surface area contributed by atoms with Crippen molar-refractivity contribution < 1.29 is 19.4 Å². The summed E-state index contributed by atoms with van der Waals surface area (Å²) in [5.74, 6) is -0.340. The van der Waals surface area contributed by atoms with Gasteiger partial charge in [-0.25, -0.2) is 9.59 Å². The number of amides is 2. The largest absolute Gasteiger partial charge is 0.496 e. The van der Waals surface area contributed by atoms with Crippen LogP contribution in [0.4, 0.5) is 4.79 Å². The standard InChI is InChI=1S/C14H20N2O4/c1-10(13(17)18)16(3)14(19)15(2)9-11-7-5-6-8-12(11)20-4/h5-8,10H,9H2,1-4H3,(H,17,18). The molecule has 0 radical (unpaired) electrons. The minimum absolute atomic E-state index is 0.347. The number of rotatable bonds is 5. The zero-order valence-electron chi connectivity index (χ0n) is 12.2. The molecule has 0 heterocycles. The monoisotopic (exact) mass is 280 g/mol. The van der Waals surface area contributed by atoms with Crippen LogP contribution in [0, 0.1) is 0 Å². The number of urea groups is 1. The topological polar surface area (TPSA) is 70.1 Å². The number of carbonyl (C=O) groups is 2. The molecule has 0 aliphatic heterocycles. The Morgan fingerprint density at radius 1 is 1.30 bits per heavy atom. The predicted molar refractivity (Wildman–Crippen MR) is 74.7 cm³/mol. The first-order chi connectivity index (χ1) is 9.38. The molecule has 1 N–H and O–H groups in total. The highest BCUT2D eigenvalue weighted by Crippen LogP contribution is 2.19. The summed E-state index contributed by atoms with van der Waals surface area (Å²) in [6, 6.07) is 6.16. The molecule has 0 spiro atoms. The van der Waals surface area contributed by atoms with E-state index in [9.17, 15) is 9.59 Å². The van der Waals surface area contributed by atoms with Gasteiger partial charge in [0.1, 0.15) is 11.8 Å². The summed E-state index contributed by atoms with van der Waals surface area (Å²) in [5.41, 5.74) is 0.863. The van der Waals surface area contributed by atoms with E-state index in [1.807, 2.05) is 24.3 Å². The van der Waals surface area contributed by atoms with E-state index in [4.69, 9.17) is 9.84 Å². The normalized spacial score (nSPS) is 11.6. The summed E-state index contributed by atoms with van der Waals surface area (Å²) >= 11 is 0. The summed E-state index contributed by atoms with van der Waals surface area (Å²) in [6.45, 7) is 1.82. The van der Waals surface area contributed by atoms with Crippen molar-refractivity contribution in [1.29, 1.82) is 0 Å². The Morgan fingerprint density at radius 3 is 2.45 bits per heavy atom. The number of ether oxygens (including phenoxy) is 1. The molecule has 6 nitrogen and oxygen atoms in total. The zero-order chi connectivity index (χ0) is 15.3. The van der Waals surface area contributed by atoms with Crippen molar-refractivity contribution in [1.82, 2.24) is 9.80 Å². The average molecular weight is 280 g/mol. The first kappa shape index (κ1) is 15.8. The van der Waals surface area contributed by atoms with E-state index >= 15 is 0 Å². The van der Waals surface area contributed by atoms with Gasteiger partial charge in [-0.15, -0.1) is 0 Å². The van der Waals surface area contributed by atoms with Crippen LogP contribution in [0.1, 0.15) is 12.5 Å². The van der Waals surface area contributed by atoms with Crippen LogP contribution in [0.5, 0.6) is 5.75 Å². The Bertz CT molecular complexity index is 490. The van der Waals surface area contributed by atoms with Gasteiger partial charge in [0.2, 0.25) is 0 Å². The van der Waals surface area contributed by atoms with Crippen molar-refractivity contribution in [3.05, 3.63) is 29.8 Å². The number of carboxylic acid groups (broad SMARTS) is 1. The lowest BCUT2D eigenvalue weighted by Gasteiger charge is -2.27. The molecule has 1 aromatic carbocycles. The molecule has 0 aliphatic carbocycles. The van der Waals surface area contributed by atoms with Gasteiger partial charge in [0.15, 0.2) is 0 Å². The van der Waals surface area contributed by atoms with Crippen LogP contribution in [0.15, 0.2) is 24.3 Å². The SMILES string of the molecule is COc1ccccc1CN(C)C(=O)N(C)C(C)C(=O)O. The fourth-order valence-corrected chi connectivity index (χ4v) is 1.76. The van der Waals surface area contributed by atoms with Gasteiger partial charge in [-0.2, -0.15) is 0 Å². The second kappa shape index (κ2) is 6.79. The number of nitrogens with zero attached hydrogens (tertiary/aromatic N) is 2. The van der Waals surface area contributed by atoms with E-state index in [0.29, 0.717) is 12.3 Å². The number of aliphatic carboxylic acids is 1. The maximum atomic E-state index is 12.1. The van der Waals surface area contributed by atoms with Gasteiger partial charge in [0, 0.05) is 19.7 Å². The lowest BCUT2D eigenvalue weighted by Crippen LogP contribution is -2.46. The van der Waals surface area contributed by atoms with Gasteiger partial charge >= 0.3 is 12.0 Å². The fourth-order valence-electron chi connectivity index (χ4n) is 1.76. The average Bonchev–Trinajstić information content (AvgIpc) is 2.45.